The van der Waals surface area contributed by atoms with Crippen molar-refractivity contribution in [1.82, 2.24) is 4.98 Å². The van der Waals surface area contributed by atoms with Gasteiger partial charge < -0.3 is 11.2 Å². The molecule has 1 amide bonds. The number of hydrogen-bond acceptors (Lipinski definition) is 5. The van der Waals surface area contributed by atoms with Gasteiger partial charge in [0.15, 0.2) is 0 Å². The highest BCUT2D eigenvalue weighted by atomic mass is 16.1. The molecule has 142 valence electrons. The summed E-state index contributed by atoms with van der Waals surface area (Å²) in [5.74, 6) is 5.24. The van der Waals surface area contributed by atoms with Gasteiger partial charge in [-0.2, -0.15) is 5.10 Å². The predicted octanol–water partition coefficient (Wildman–Crippen LogP) is 4.66. The lowest BCUT2D eigenvalue weighted by molar-refractivity contribution is -0.114. The van der Waals surface area contributed by atoms with Gasteiger partial charge in [0.25, 0.3) is 0 Å². The van der Waals surface area contributed by atoms with E-state index < -0.39 is 0 Å². The highest BCUT2D eigenvalue weighted by Crippen LogP contribution is 2.35. The number of nitrogens with one attached hydrogen (secondary N) is 2. The van der Waals surface area contributed by atoms with Crippen LogP contribution in [-0.4, -0.2) is 16.7 Å². The van der Waals surface area contributed by atoms with Gasteiger partial charge in [-0.15, -0.1) is 5.11 Å². The molecule has 0 unspecified atom stereocenters. The van der Waals surface area contributed by atoms with Crippen LogP contribution < -0.4 is 11.2 Å². The second-order valence-electron chi connectivity index (χ2n) is 6.56. The number of carbonyl (C=O) groups is 1. The highest BCUT2D eigenvalue weighted by Gasteiger charge is 2.14. The first-order chi connectivity index (χ1) is 14.1. The molecule has 0 saturated heterocycles. The van der Waals surface area contributed by atoms with Crippen molar-refractivity contribution >= 4 is 39.1 Å². The van der Waals surface area contributed by atoms with Gasteiger partial charge in [-0.3, -0.25) is 4.79 Å². The van der Waals surface area contributed by atoms with E-state index in [0.29, 0.717) is 16.9 Å². The lowest BCUT2D eigenvalue weighted by Crippen LogP contribution is -2.07. The van der Waals surface area contributed by atoms with E-state index in [4.69, 9.17) is 11.4 Å². The Balaban J connectivity index is 2.06. The molecule has 0 aliphatic carbocycles. The van der Waals surface area contributed by atoms with E-state index in [0.717, 1.165) is 27.3 Å². The Bertz CT molecular complexity index is 1290. The van der Waals surface area contributed by atoms with Crippen molar-refractivity contribution in [2.75, 3.05) is 5.32 Å². The van der Waals surface area contributed by atoms with E-state index >= 15 is 0 Å². The Morgan fingerprint density at radius 3 is 2.55 bits per heavy atom. The van der Waals surface area contributed by atoms with Crippen molar-refractivity contribution in [3.8, 4) is 11.1 Å². The van der Waals surface area contributed by atoms with Gasteiger partial charge in [0.1, 0.15) is 5.69 Å². The summed E-state index contributed by atoms with van der Waals surface area (Å²) in [5.41, 5.74) is 10.9. The van der Waals surface area contributed by atoms with E-state index in [1.165, 1.54) is 6.92 Å². The van der Waals surface area contributed by atoms with E-state index in [2.05, 4.69) is 38.7 Å². The lowest BCUT2D eigenvalue weighted by atomic mass is 9.95. The van der Waals surface area contributed by atoms with Crippen LogP contribution >= 0.6 is 0 Å². The van der Waals surface area contributed by atoms with E-state index in [1.807, 2.05) is 42.5 Å². The molecule has 0 bridgehead atoms. The fraction of sp³-hybridized carbons (Fsp3) is 0.0455. The normalized spacial score (nSPS) is 11.6. The molecule has 0 atom stereocenters. The Labute approximate surface area is 166 Å². The van der Waals surface area contributed by atoms with Gasteiger partial charge in [-0.1, -0.05) is 48.5 Å². The number of hydrazone groups is 1. The van der Waals surface area contributed by atoms with Gasteiger partial charge in [0.2, 0.25) is 11.7 Å². The Kier molecular flexibility index (Phi) is 4.70. The number of anilines is 1. The molecule has 3 aromatic carbocycles. The minimum atomic E-state index is -0.150. The number of nitrogens with two attached hydrogens (primary N) is 1. The summed E-state index contributed by atoms with van der Waals surface area (Å²) in [6.07, 6.45) is 0. The highest BCUT2D eigenvalue weighted by molar-refractivity contribution is 6.08. The van der Waals surface area contributed by atoms with Crippen molar-refractivity contribution < 1.29 is 4.79 Å². The predicted molar refractivity (Wildman–Crippen MR) is 115 cm³/mol. The molecule has 0 radical (unpaired) electrons. The van der Waals surface area contributed by atoms with Crippen LogP contribution in [0.25, 0.3) is 32.8 Å². The molecule has 4 rings (SSSR count). The summed E-state index contributed by atoms with van der Waals surface area (Å²) in [7, 11) is 0. The summed E-state index contributed by atoms with van der Waals surface area (Å²) < 4.78 is 0. The molecule has 0 fully saturated rings. The zero-order valence-corrected chi connectivity index (χ0v) is 15.7. The van der Waals surface area contributed by atoms with Crippen molar-refractivity contribution in [2.45, 2.75) is 6.92 Å². The molecule has 29 heavy (non-hydrogen) atoms. The van der Waals surface area contributed by atoms with Crippen molar-refractivity contribution in [1.29, 1.82) is 5.53 Å². The van der Waals surface area contributed by atoms with Crippen LogP contribution in [0.5, 0.6) is 0 Å². The number of aromatic nitrogens is 1. The molecule has 1 heterocycles. The summed E-state index contributed by atoms with van der Waals surface area (Å²) in [4.78, 5) is 16.3. The summed E-state index contributed by atoms with van der Waals surface area (Å²) in [5, 5.41) is 12.7. The van der Waals surface area contributed by atoms with Crippen molar-refractivity contribution in [3.63, 3.8) is 0 Å². The molecular formula is C22H18N6O. The van der Waals surface area contributed by atoms with E-state index in [-0.39, 0.29) is 11.7 Å². The van der Waals surface area contributed by atoms with Crippen LogP contribution in [0.2, 0.25) is 0 Å². The average Bonchev–Trinajstić information content (AvgIpc) is 2.73. The maximum absolute atomic E-state index is 11.6. The minimum Gasteiger partial charge on any atom is -0.326 e. The molecular weight excluding hydrogens is 364 g/mol. The van der Waals surface area contributed by atoms with Crippen LogP contribution in [0.3, 0.4) is 0 Å². The number of benzene rings is 3. The monoisotopic (exact) mass is 382 g/mol. The second-order valence-corrected chi connectivity index (χ2v) is 6.56. The number of hydrogen-bond donors (Lipinski definition) is 3. The number of fused-ring (bicyclic) bond motifs is 2. The molecule has 0 aliphatic rings. The number of pyridine rings is 1. The lowest BCUT2D eigenvalue weighted by Gasteiger charge is -2.13. The maximum Gasteiger partial charge on any atom is 0.221 e. The second kappa shape index (κ2) is 7.47. The first-order valence-electron chi connectivity index (χ1n) is 8.97. The number of amides is 1. The zero-order chi connectivity index (χ0) is 20.4. The first-order valence-corrected chi connectivity index (χ1v) is 8.97. The van der Waals surface area contributed by atoms with Gasteiger partial charge in [-0.25, -0.2) is 10.5 Å². The molecule has 0 saturated carbocycles. The van der Waals surface area contributed by atoms with Crippen LogP contribution in [0.15, 0.2) is 76.9 Å². The molecule has 4 aromatic rings. The third-order valence-corrected chi connectivity index (χ3v) is 4.65. The Hall–Kier alpha value is -4.13. The summed E-state index contributed by atoms with van der Waals surface area (Å²) in [6, 6.07) is 21.5. The minimum absolute atomic E-state index is 0.0432. The average molecular weight is 382 g/mol. The third kappa shape index (κ3) is 3.41. The van der Waals surface area contributed by atoms with Crippen molar-refractivity contribution in [2.24, 2.45) is 16.1 Å². The maximum atomic E-state index is 11.6. The van der Waals surface area contributed by atoms with Crippen LogP contribution in [0, 0.1) is 5.53 Å². The first kappa shape index (κ1) is 18.2. The molecule has 1 aromatic heterocycles. The molecule has 4 N–H and O–H groups in total. The van der Waals surface area contributed by atoms with E-state index in [9.17, 15) is 4.79 Å². The van der Waals surface area contributed by atoms with Crippen LogP contribution in [-0.2, 0) is 4.79 Å². The third-order valence-electron chi connectivity index (χ3n) is 4.65. The SMILES string of the molecule is CC(=O)Nc1cc(-c2cccc3ccccc23)c2nc(C(N=N)=NN)ccc2c1. The van der Waals surface area contributed by atoms with Gasteiger partial charge in [0.05, 0.1) is 5.52 Å². The number of amidine groups is 1. The summed E-state index contributed by atoms with van der Waals surface area (Å²) in [6.45, 7) is 1.48. The molecule has 0 aliphatic heterocycles. The zero-order valence-electron chi connectivity index (χ0n) is 15.7. The Morgan fingerprint density at radius 1 is 1.00 bits per heavy atom. The number of rotatable bonds is 3. The fourth-order valence-electron chi connectivity index (χ4n) is 3.45. The number of nitrogens with zero attached hydrogens (tertiary/aromatic N) is 3. The van der Waals surface area contributed by atoms with Crippen LogP contribution in [0.4, 0.5) is 5.69 Å². The van der Waals surface area contributed by atoms with Gasteiger partial charge in [-0.05, 0) is 34.5 Å². The quantitative estimate of drug-likeness (QED) is 0.157. The smallest absolute Gasteiger partial charge is 0.221 e. The fourth-order valence-corrected chi connectivity index (χ4v) is 3.45. The largest absolute Gasteiger partial charge is 0.326 e. The Morgan fingerprint density at radius 2 is 1.79 bits per heavy atom. The van der Waals surface area contributed by atoms with Crippen LogP contribution in [0.1, 0.15) is 12.6 Å². The molecule has 7 nitrogen and oxygen atoms in total. The standard InChI is InChI=1S/C22H18N6O/c1-13(29)25-16-11-15-9-10-20(22(27-23)28-24)26-21(15)19(12-16)18-8-4-6-14-5-2-3-7-17(14)18/h2-12,23H,24H2,1H3,(H,25,29). The number of carbonyl (C=O) groups excluding carboxylic acids is 1. The van der Waals surface area contributed by atoms with E-state index in [1.54, 1.807) is 6.07 Å². The topological polar surface area (TPSA) is 117 Å². The van der Waals surface area contributed by atoms with Gasteiger partial charge >= 0.3 is 0 Å². The summed E-state index contributed by atoms with van der Waals surface area (Å²) >= 11 is 0. The molecule has 7 heteroatoms. The van der Waals surface area contributed by atoms with Crippen molar-refractivity contribution in [3.05, 3.63) is 72.4 Å². The molecule has 0 spiro atoms. The van der Waals surface area contributed by atoms with Gasteiger partial charge in [0, 0.05) is 23.6 Å².